The first kappa shape index (κ1) is 17.9. The number of carboxylic acids is 1. The molecule has 1 aromatic carbocycles. The van der Waals surface area contributed by atoms with Crippen LogP contribution in [0.2, 0.25) is 0 Å². The summed E-state index contributed by atoms with van der Waals surface area (Å²) in [5.41, 5.74) is 1.17. The number of hydrogen-bond acceptors (Lipinski definition) is 4. The van der Waals surface area contributed by atoms with Gasteiger partial charge in [0.25, 0.3) is 5.91 Å². The number of benzene rings is 1. The summed E-state index contributed by atoms with van der Waals surface area (Å²) in [6.45, 7) is 2.47. The number of aliphatic carboxylic acids is 1. The first-order chi connectivity index (χ1) is 12.5. The molecule has 26 heavy (non-hydrogen) atoms. The van der Waals surface area contributed by atoms with Crippen molar-refractivity contribution in [1.82, 2.24) is 20.5 Å². The second-order valence-corrected chi connectivity index (χ2v) is 6.30. The lowest BCUT2D eigenvalue weighted by atomic mass is 10.1. The topological polar surface area (TPSA) is 115 Å². The molecule has 1 fully saturated rings. The number of H-pyrrole nitrogens is 1. The molecule has 8 nitrogen and oxygen atoms in total. The fourth-order valence-electron chi connectivity index (χ4n) is 3.06. The van der Waals surface area contributed by atoms with Crippen molar-refractivity contribution in [1.29, 1.82) is 0 Å². The van der Waals surface area contributed by atoms with Crippen LogP contribution in [-0.2, 0) is 9.59 Å². The minimum Gasteiger partial charge on any atom is -0.481 e. The van der Waals surface area contributed by atoms with Crippen LogP contribution in [-0.4, -0.2) is 65.0 Å². The number of amides is 2. The molecular formula is C18H22N4O4. The second kappa shape index (κ2) is 8.01. The van der Waals surface area contributed by atoms with E-state index < -0.39 is 17.9 Å². The van der Waals surface area contributed by atoms with Gasteiger partial charge in [0.15, 0.2) is 0 Å². The van der Waals surface area contributed by atoms with Crippen LogP contribution in [0.4, 0.5) is 0 Å². The number of carboxylic acid groups (broad SMARTS) is 1. The molecule has 0 bridgehead atoms. The fourth-order valence-corrected chi connectivity index (χ4v) is 3.06. The van der Waals surface area contributed by atoms with Crippen LogP contribution in [0.25, 0.3) is 10.9 Å². The quantitative estimate of drug-likeness (QED) is 0.602. The van der Waals surface area contributed by atoms with Crippen LogP contribution in [0.1, 0.15) is 23.3 Å². The van der Waals surface area contributed by atoms with Gasteiger partial charge >= 0.3 is 5.97 Å². The Hall–Kier alpha value is -2.87. The van der Waals surface area contributed by atoms with Crippen LogP contribution in [0.3, 0.4) is 0 Å². The zero-order chi connectivity index (χ0) is 18.5. The Bertz CT molecular complexity index is 777. The maximum absolute atomic E-state index is 12.7. The smallest absolute Gasteiger partial charge is 0.303 e. The van der Waals surface area contributed by atoms with Gasteiger partial charge in [-0.15, -0.1) is 0 Å². The molecule has 1 aliphatic heterocycles. The molecule has 1 unspecified atom stereocenters. The third-order valence-corrected chi connectivity index (χ3v) is 4.45. The van der Waals surface area contributed by atoms with Gasteiger partial charge in [-0.05, 0) is 18.6 Å². The Morgan fingerprint density at radius 2 is 1.92 bits per heavy atom. The standard InChI is InChI=1S/C18H22N4O4/c23-16(24)6-5-14(18(26)22-9-7-19-8-10-22)21-17(25)15-11-12-3-1-2-4-13(12)20-15/h1-4,11,14,19-20H,5-10H2,(H,21,25)(H,23,24). The number of fused-ring (bicyclic) bond motifs is 1. The van der Waals surface area contributed by atoms with Crippen LogP contribution in [0.5, 0.6) is 0 Å². The molecule has 0 spiro atoms. The molecule has 0 aliphatic carbocycles. The molecule has 1 aromatic heterocycles. The van der Waals surface area contributed by atoms with E-state index in [4.69, 9.17) is 5.11 Å². The molecule has 8 heteroatoms. The van der Waals surface area contributed by atoms with Gasteiger partial charge in [-0.3, -0.25) is 14.4 Å². The SMILES string of the molecule is O=C(O)CCC(NC(=O)c1cc2ccccc2[nH]1)C(=O)N1CCNCC1. The average molecular weight is 358 g/mol. The van der Waals surface area contributed by atoms with Crippen molar-refractivity contribution in [3.05, 3.63) is 36.0 Å². The number of carbonyl (C=O) groups excluding carboxylic acids is 2. The van der Waals surface area contributed by atoms with E-state index in [1.807, 2.05) is 24.3 Å². The monoisotopic (exact) mass is 358 g/mol. The third kappa shape index (κ3) is 4.20. The first-order valence-corrected chi connectivity index (χ1v) is 8.64. The van der Waals surface area contributed by atoms with Crippen molar-refractivity contribution in [3.8, 4) is 0 Å². The molecule has 4 N–H and O–H groups in total. The first-order valence-electron chi connectivity index (χ1n) is 8.64. The Kier molecular flexibility index (Phi) is 5.52. The number of aromatic amines is 1. The Morgan fingerprint density at radius 1 is 1.19 bits per heavy atom. The average Bonchev–Trinajstić information content (AvgIpc) is 3.09. The summed E-state index contributed by atoms with van der Waals surface area (Å²) in [5, 5.41) is 15.7. The van der Waals surface area contributed by atoms with E-state index in [2.05, 4.69) is 15.6 Å². The Balaban J connectivity index is 1.73. The zero-order valence-corrected chi connectivity index (χ0v) is 14.3. The molecule has 0 radical (unpaired) electrons. The van der Waals surface area contributed by atoms with Gasteiger partial charge in [0, 0.05) is 43.5 Å². The highest BCUT2D eigenvalue weighted by atomic mass is 16.4. The highest BCUT2D eigenvalue weighted by Gasteiger charge is 2.28. The van der Waals surface area contributed by atoms with E-state index in [0.29, 0.717) is 31.9 Å². The number of hydrogen-bond donors (Lipinski definition) is 4. The van der Waals surface area contributed by atoms with Crippen molar-refractivity contribution in [3.63, 3.8) is 0 Å². The summed E-state index contributed by atoms with van der Waals surface area (Å²) in [7, 11) is 0. The lowest BCUT2D eigenvalue weighted by Crippen LogP contribution is -2.54. The number of piperazine rings is 1. The maximum Gasteiger partial charge on any atom is 0.303 e. The van der Waals surface area contributed by atoms with Gasteiger partial charge < -0.3 is 25.6 Å². The summed E-state index contributed by atoms with van der Waals surface area (Å²) in [6, 6.07) is 8.35. The summed E-state index contributed by atoms with van der Waals surface area (Å²) >= 11 is 0. The van der Waals surface area contributed by atoms with Crippen molar-refractivity contribution in [2.75, 3.05) is 26.2 Å². The molecule has 2 heterocycles. The molecule has 3 rings (SSSR count). The zero-order valence-electron chi connectivity index (χ0n) is 14.3. The van der Waals surface area contributed by atoms with Crippen LogP contribution < -0.4 is 10.6 Å². The summed E-state index contributed by atoms with van der Waals surface area (Å²) < 4.78 is 0. The normalized spacial score (nSPS) is 15.6. The number of rotatable bonds is 6. The Labute approximate surface area is 150 Å². The van der Waals surface area contributed by atoms with E-state index in [9.17, 15) is 14.4 Å². The summed E-state index contributed by atoms with van der Waals surface area (Å²) in [5.74, 6) is -1.65. The number of aromatic nitrogens is 1. The number of nitrogens with zero attached hydrogens (tertiary/aromatic N) is 1. The molecule has 1 atom stereocenters. The van der Waals surface area contributed by atoms with Crippen LogP contribution in [0.15, 0.2) is 30.3 Å². The van der Waals surface area contributed by atoms with Crippen molar-refractivity contribution in [2.24, 2.45) is 0 Å². The van der Waals surface area contributed by atoms with E-state index in [-0.39, 0.29) is 18.7 Å². The minimum absolute atomic E-state index is 0.0596. The maximum atomic E-state index is 12.7. The molecule has 0 saturated carbocycles. The molecule has 1 aliphatic rings. The van der Waals surface area contributed by atoms with Gasteiger partial charge in [-0.25, -0.2) is 0 Å². The van der Waals surface area contributed by atoms with Crippen LogP contribution in [0, 0.1) is 0 Å². The summed E-state index contributed by atoms with van der Waals surface area (Å²) in [6.07, 6.45) is -0.125. The molecule has 138 valence electrons. The van der Waals surface area contributed by atoms with E-state index >= 15 is 0 Å². The van der Waals surface area contributed by atoms with Crippen molar-refractivity contribution < 1.29 is 19.5 Å². The van der Waals surface area contributed by atoms with Gasteiger partial charge in [0.2, 0.25) is 5.91 Å². The Morgan fingerprint density at radius 3 is 2.62 bits per heavy atom. The third-order valence-electron chi connectivity index (χ3n) is 4.45. The van der Waals surface area contributed by atoms with Crippen LogP contribution >= 0.6 is 0 Å². The van der Waals surface area contributed by atoms with Gasteiger partial charge in [0.1, 0.15) is 11.7 Å². The van der Waals surface area contributed by atoms with Crippen molar-refractivity contribution in [2.45, 2.75) is 18.9 Å². The molecule has 1 saturated heterocycles. The highest BCUT2D eigenvalue weighted by molar-refractivity contribution is 6.00. The fraction of sp³-hybridized carbons (Fsp3) is 0.389. The lowest BCUT2D eigenvalue weighted by molar-refractivity contribution is -0.138. The highest BCUT2D eigenvalue weighted by Crippen LogP contribution is 2.15. The minimum atomic E-state index is -0.997. The summed E-state index contributed by atoms with van der Waals surface area (Å²) in [4.78, 5) is 40.9. The molecule has 2 amide bonds. The predicted molar refractivity (Wildman–Crippen MR) is 95.9 cm³/mol. The van der Waals surface area contributed by atoms with E-state index in [1.54, 1.807) is 11.0 Å². The van der Waals surface area contributed by atoms with Crippen molar-refractivity contribution >= 4 is 28.7 Å². The largest absolute Gasteiger partial charge is 0.481 e. The van der Waals surface area contributed by atoms with Gasteiger partial charge in [-0.2, -0.15) is 0 Å². The van der Waals surface area contributed by atoms with E-state index in [1.165, 1.54) is 0 Å². The van der Waals surface area contributed by atoms with Gasteiger partial charge in [-0.1, -0.05) is 18.2 Å². The number of nitrogens with one attached hydrogen (secondary N) is 3. The number of para-hydroxylation sites is 1. The lowest BCUT2D eigenvalue weighted by Gasteiger charge is -2.31. The van der Waals surface area contributed by atoms with Gasteiger partial charge in [0.05, 0.1) is 0 Å². The molecular weight excluding hydrogens is 336 g/mol. The molecule has 2 aromatic rings. The predicted octanol–water partition coefficient (Wildman–Crippen LogP) is 0.563. The number of carbonyl (C=O) groups is 3. The van der Waals surface area contributed by atoms with E-state index in [0.717, 1.165) is 10.9 Å². The second-order valence-electron chi connectivity index (χ2n) is 6.30.